The molecule has 0 saturated carbocycles. The molecule has 1 aromatic carbocycles. The predicted molar refractivity (Wildman–Crippen MR) is 85.5 cm³/mol. The quantitative estimate of drug-likeness (QED) is 0.687. The highest BCUT2D eigenvalue weighted by Crippen LogP contribution is 2.20. The molecule has 1 amide bonds. The Bertz CT molecular complexity index is 842. The number of phenolic OH excluding ortho intramolecular Hbond substituents is 1. The summed E-state index contributed by atoms with van der Waals surface area (Å²) in [7, 11) is 0. The maximum Gasteiger partial charge on any atom is 0.266 e. The number of aromatic nitrogens is 3. The second kappa shape index (κ2) is 5.96. The number of aryl methyl sites for hydroxylation is 1. The first-order chi connectivity index (χ1) is 11.0. The lowest BCUT2D eigenvalue weighted by atomic mass is 10.3. The summed E-state index contributed by atoms with van der Waals surface area (Å²) in [4.78, 5) is 16.5. The molecule has 0 saturated heterocycles. The van der Waals surface area contributed by atoms with Gasteiger partial charge in [-0.15, -0.1) is 0 Å². The van der Waals surface area contributed by atoms with Crippen LogP contribution in [0.1, 0.15) is 12.6 Å². The molecule has 1 unspecified atom stereocenters. The van der Waals surface area contributed by atoms with Gasteiger partial charge in [0.2, 0.25) is 0 Å². The Kier molecular flexibility index (Phi) is 3.84. The van der Waals surface area contributed by atoms with E-state index in [9.17, 15) is 9.90 Å². The van der Waals surface area contributed by atoms with Gasteiger partial charge in [-0.05, 0) is 50.2 Å². The van der Waals surface area contributed by atoms with E-state index in [-0.39, 0.29) is 11.7 Å². The van der Waals surface area contributed by atoms with E-state index in [4.69, 9.17) is 4.74 Å². The van der Waals surface area contributed by atoms with Gasteiger partial charge in [0.25, 0.3) is 5.91 Å². The third-order valence-electron chi connectivity index (χ3n) is 3.32. The van der Waals surface area contributed by atoms with Crippen LogP contribution in [0.2, 0.25) is 0 Å². The Balaban J connectivity index is 1.71. The van der Waals surface area contributed by atoms with E-state index in [1.807, 2.05) is 19.1 Å². The number of benzene rings is 1. The fourth-order valence-electron chi connectivity index (χ4n) is 2.10. The number of nitrogens with zero attached hydrogens (tertiary/aromatic N) is 2. The fourth-order valence-corrected chi connectivity index (χ4v) is 2.10. The molecule has 3 aromatic rings. The number of nitrogens with one attached hydrogen (secondary N) is 2. The molecule has 0 aliphatic heterocycles. The van der Waals surface area contributed by atoms with E-state index in [2.05, 4.69) is 20.5 Å². The van der Waals surface area contributed by atoms with Gasteiger partial charge in [-0.25, -0.2) is 4.98 Å². The average molecular weight is 312 g/mol. The van der Waals surface area contributed by atoms with Gasteiger partial charge in [0.15, 0.2) is 17.6 Å². The monoisotopic (exact) mass is 312 g/mol. The van der Waals surface area contributed by atoms with Crippen molar-refractivity contribution in [2.24, 2.45) is 0 Å². The number of ether oxygens (including phenoxy) is 1. The number of carbonyl (C=O) groups is 1. The zero-order valence-corrected chi connectivity index (χ0v) is 12.7. The highest BCUT2D eigenvalue weighted by atomic mass is 16.5. The van der Waals surface area contributed by atoms with Crippen molar-refractivity contribution in [2.45, 2.75) is 20.0 Å². The van der Waals surface area contributed by atoms with E-state index in [1.165, 1.54) is 12.1 Å². The van der Waals surface area contributed by atoms with Gasteiger partial charge in [-0.2, -0.15) is 5.10 Å². The van der Waals surface area contributed by atoms with Crippen molar-refractivity contribution < 1.29 is 14.6 Å². The van der Waals surface area contributed by atoms with Gasteiger partial charge in [0.1, 0.15) is 11.5 Å². The lowest BCUT2D eigenvalue weighted by Gasteiger charge is -2.13. The zero-order chi connectivity index (χ0) is 16.4. The third kappa shape index (κ3) is 3.23. The molecule has 23 heavy (non-hydrogen) atoms. The van der Waals surface area contributed by atoms with Crippen molar-refractivity contribution in [3.8, 4) is 11.5 Å². The fraction of sp³-hybridized carbons (Fsp3) is 0.188. The molecule has 118 valence electrons. The maximum absolute atomic E-state index is 12.2. The van der Waals surface area contributed by atoms with Gasteiger partial charge in [-0.3, -0.25) is 9.89 Å². The lowest BCUT2D eigenvalue weighted by molar-refractivity contribution is -0.122. The first kappa shape index (κ1) is 14.8. The number of anilines is 1. The van der Waals surface area contributed by atoms with Gasteiger partial charge in [-0.1, -0.05) is 0 Å². The molecular weight excluding hydrogens is 296 g/mol. The number of aromatic amines is 1. The minimum atomic E-state index is -0.718. The van der Waals surface area contributed by atoms with Crippen LogP contribution >= 0.6 is 0 Å². The van der Waals surface area contributed by atoms with Crippen LogP contribution in [0, 0.1) is 6.92 Å². The summed E-state index contributed by atoms with van der Waals surface area (Å²) in [5.74, 6) is 0.723. The lowest BCUT2D eigenvalue weighted by Crippen LogP contribution is -2.30. The van der Waals surface area contributed by atoms with Crippen LogP contribution < -0.4 is 10.1 Å². The van der Waals surface area contributed by atoms with Gasteiger partial charge >= 0.3 is 0 Å². The number of rotatable bonds is 4. The number of H-pyrrole nitrogens is 1. The largest absolute Gasteiger partial charge is 0.508 e. The minimum Gasteiger partial charge on any atom is -0.508 e. The Morgan fingerprint density at radius 3 is 2.74 bits per heavy atom. The molecule has 0 bridgehead atoms. The molecule has 2 aromatic heterocycles. The molecule has 3 rings (SSSR count). The van der Waals surface area contributed by atoms with E-state index >= 15 is 0 Å². The highest BCUT2D eigenvalue weighted by molar-refractivity contribution is 6.00. The molecular formula is C16H16N4O3. The second-order valence-electron chi connectivity index (χ2n) is 5.16. The summed E-state index contributed by atoms with van der Waals surface area (Å²) in [6, 6.07) is 9.88. The number of aromatic hydroxyl groups is 1. The average Bonchev–Trinajstić information content (AvgIpc) is 2.91. The number of amides is 1. The van der Waals surface area contributed by atoms with Crippen molar-refractivity contribution in [3.63, 3.8) is 0 Å². The molecule has 0 aliphatic carbocycles. The Morgan fingerprint density at radius 2 is 2.00 bits per heavy atom. The Labute approximate surface area is 132 Å². The standard InChI is InChI=1S/C16H16N4O3/c1-9-3-8-13-14(17-9)19-20-15(13)18-16(22)10(2)23-12-6-4-11(21)5-7-12/h3-8,10,21H,1-2H3,(H2,17,18,19,20,22). The number of hydrogen-bond donors (Lipinski definition) is 3. The normalized spacial score (nSPS) is 12.1. The predicted octanol–water partition coefficient (Wildman–Crippen LogP) is 2.38. The summed E-state index contributed by atoms with van der Waals surface area (Å²) >= 11 is 0. The van der Waals surface area contributed by atoms with Crippen molar-refractivity contribution in [2.75, 3.05) is 5.32 Å². The molecule has 7 heteroatoms. The minimum absolute atomic E-state index is 0.139. The van der Waals surface area contributed by atoms with Crippen LogP contribution in [0.25, 0.3) is 11.0 Å². The van der Waals surface area contributed by atoms with E-state index in [0.29, 0.717) is 17.2 Å². The summed E-state index contributed by atoms with van der Waals surface area (Å²) < 4.78 is 5.53. The number of hydrogen-bond acceptors (Lipinski definition) is 5. The maximum atomic E-state index is 12.2. The summed E-state index contributed by atoms with van der Waals surface area (Å²) in [5.41, 5.74) is 1.48. The van der Waals surface area contributed by atoms with Crippen molar-refractivity contribution >= 4 is 22.8 Å². The SMILES string of the molecule is Cc1ccc2c(NC(=O)C(C)Oc3ccc(O)cc3)n[nH]c2n1. The van der Waals surface area contributed by atoms with Crippen molar-refractivity contribution in [3.05, 3.63) is 42.1 Å². The summed E-state index contributed by atoms with van der Waals surface area (Å²) in [5, 5.41) is 19.5. The van der Waals surface area contributed by atoms with Crippen molar-refractivity contribution in [1.82, 2.24) is 15.2 Å². The molecule has 1 atom stereocenters. The first-order valence-corrected chi connectivity index (χ1v) is 7.11. The molecule has 0 fully saturated rings. The Morgan fingerprint density at radius 1 is 1.26 bits per heavy atom. The third-order valence-corrected chi connectivity index (χ3v) is 3.32. The second-order valence-corrected chi connectivity index (χ2v) is 5.16. The molecule has 0 aliphatic rings. The highest BCUT2D eigenvalue weighted by Gasteiger charge is 2.17. The summed E-state index contributed by atoms with van der Waals surface area (Å²) in [6.45, 7) is 3.52. The number of fused-ring (bicyclic) bond motifs is 1. The van der Waals surface area contributed by atoms with E-state index < -0.39 is 6.10 Å². The number of carbonyl (C=O) groups excluding carboxylic acids is 1. The Hall–Kier alpha value is -3.09. The van der Waals surface area contributed by atoms with Gasteiger partial charge in [0, 0.05) is 5.69 Å². The smallest absolute Gasteiger partial charge is 0.266 e. The number of pyridine rings is 1. The van der Waals surface area contributed by atoms with Crippen LogP contribution in [0.5, 0.6) is 11.5 Å². The van der Waals surface area contributed by atoms with Crippen LogP contribution in [-0.2, 0) is 4.79 Å². The zero-order valence-electron chi connectivity index (χ0n) is 12.7. The first-order valence-electron chi connectivity index (χ1n) is 7.11. The van der Waals surface area contributed by atoms with E-state index in [1.54, 1.807) is 19.1 Å². The topological polar surface area (TPSA) is 100 Å². The summed E-state index contributed by atoms with van der Waals surface area (Å²) in [6.07, 6.45) is -0.718. The van der Waals surface area contributed by atoms with Crippen LogP contribution in [-0.4, -0.2) is 32.3 Å². The van der Waals surface area contributed by atoms with Gasteiger partial charge < -0.3 is 15.2 Å². The van der Waals surface area contributed by atoms with Gasteiger partial charge in [0.05, 0.1) is 5.39 Å². The molecule has 2 heterocycles. The van der Waals surface area contributed by atoms with Crippen LogP contribution in [0.4, 0.5) is 5.82 Å². The van der Waals surface area contributed by atoms with Crippen molar-refractivity contribution in [1.29, 1.82) is 0 Å². The molecule has 7 nitrogen and oxygen atoms in total. The van der Waals surface area contributed by atoms with Crippen LogP contribution in [0.3, 0.4) is 0 Å². The number of phenols is 1. The molecule has 3 N–H and O–H groups in total. The van der Waals surface area contributed by atoms with E-state index in [0.717, 1.165) is 11.1 Å². The van der Waals surface area contributed by atoms with Crippen LogP contribution in [0.15, 0.2) is 36.4 Å². The molecule has 0 spiro atoms. The molecule has 0 radical (unpaired) electrons.